The molecule has 2 aromatic carbocycles. The molecular weight excluding hydrogens is 621 g/mol. The van der Waals surface area contributed by atoms with Crippen LogP contribution in [0.4, 0.5) is 18.9 Å². The Labute approximate surface area is 270 Å². The van der Waals surface area contributed by atoms with Crippen molar-refractivity contribution in [3.63, 3.8) is 0 Å². The molecule has 0 spiro atoms. The number of nitrogens with one attached hydrogen (secondary N) is 4. The van der Waals surface area contributed by atoms with Crippen molar-refractivity contribution >= 4 is 29.3 Å². The van der Waals surface area contributed by atoms with E-state index < -0.39 is 30.0 Å². The number of halogens is 3. The number of rotatable bonds is 12. The summed E-state index contributed by atoms with van der Waals surface area (Å²) < 4.78 is 43.2. The first-order valence-electron chi connectivity index (χ1n) is 13.9. The Bertz CT molecular complexity index is 1530. The lowest BCUT2D eigenvalue weighted by atomic mass is 10.0. The summed E-state index contributed by atoms with van der Waals surface area (Å²) in [6.45, 7) is 13.6. The summed E-state index contributed by atoms with van der Waals surface area (Å²) in [6.07, 6.45) is 1.13. The Hall–Kier alpha value is -5.86. The number of hydrogen-bond donors (Lipinski definition) is 6. The molecule has 0 saturated heterocycles. The molecule has 1 heterocycles. The zero-order valence-corrected chi connectivity index (χ0v) is 26.0. The average molecular weight is 659 g/mol. The fourth-order valence-corrected chi connectivity index (χ4v) is 3.41. The molecule has 1 aromatic heterocycles. The van der Waals surface area contributed by atoms with Gasteiger partial charge in [0, 0.05) is 23.6 Å². The summed E-state index contributed by atoms with van der Waals surface area (Å²) in [5.41, 5.74) is 13.2. The van der Waals surface area contributed by atoms with Gasteiger partial charge in [0.05, 0.1) is 5.56 Å². The standard InChI is InChI=1S/C28H30N6O4.C2HF3O2.C2H6/c1-4-14-37-23-11-8-20(16-24(23)38-15-5-2)25(32-21-9-6-19(7-10-21)26(29)30)28(36)34-33-27(35)22-17-31-13-12-18(22)3;3-2(4,5)1(6)7;1-2/h4-13,16-17,25,32H,1-2,14-15H2,3H3,(H3,29,30)(H,33,35)(H,34,36);(H,6,7);1-2H3. The van der Waals surface area contributed by atoms with E-state index in [0.29, 0.717) is 39.4 Å². The smallest absolute Gasteiger partial charge is 0.486 e. The minimum atomic E-state index is -5.08. The SMILES string of the molecule is C=CCOc1ccc(C(Nc2ccc(C(=N)N)cc2)C(=O)NNC(=O)c2cnccc2C)cc1OCC=C.CC.O=C(O)C(F)(F)F. The minimum Gasteiger partial charge on any atom is -0.486 e. The Morgan fingerprint density at radius 3 is 2.09 bits per heavy atom. The molecule has 3 rings (SSSR count). The van der Waals surface area contributed by atoms with Crippen molar-refractivity contribution in [1.29, 1.82) is 5.41 Å². The summed E-state index contributed by atoms with van der Waals surface area (Å²) in [7, 11) is 0. The van der Waals surface area contributed by atoms with Crippen molar-refractivity contribution in [3.05, 3.63) is 108 Å². The average Bonchev–Trinajstić information content (AvgIpc) is 3.05. The number of pyridine rings is 1. The van der Waals surface area contributed by atoms with E-state index in [0.717, 1.165) is 0 Å². The van der Waals surface area contributed by atoms with Crippen molar-refractivity contribution in [1.82, 2.24) is 15.8 Å². The molecule has 0 bridgehead atoms. The number of carbonyl (C=O) groups is 3. The zero-order chi connectivity index (χ0) is 35.6. The second-order valence-corrected chi connectivity index (χ2v) is 8.91. The lowest BCUT2D eigenvalue weighted by Crippen LogP contribution is -2.45. The molecule has 1 atom stereocenters. The molecule has 1 unspecified atom stereocenters. The Kier molecular flexibility index (Phi) is 16.3. The van der Waals surface area contributed by atoms with Crippen LogP contribution in [0.3, 0.4) is 0 Å². The molecule has 3 aromatic rings. The third kappa shape index (κ3) is 13.0. The number of nitrogens with zero attached hydrogens (tertiary/aromatic N) is 1. The molecule has 0 radical (unpaired) electrons. The highest BCUT2D eigenvalue weighted by Gasteiger charge is 2.38. The lowest BCUT2D eigenvalue weighted by Gasteiger charge is -2.22. The fraction of sp³-hybridized carbons (Fsp3) is 0.219. The number of ether oxygens (including phenoxy) is 2. The second-order valence-electron chi connectivity index (χ2n) is 8.91. The van der Waals surface area contributed by atoms with Crippen molar-refractivity contribution in [3.8, 4) is 11.5 Å². The van der Waals surface area contributed by atoms with E-state index in [-0.39, 0.29) is 19.0 Å². The first-order chi connectivity index (χ1) is 22.3. The third-order valence-corrected chi connectivity index (χ3v) is 5.61. The van der Waals surface area contributed by atoms with Crippen LogP contribution in [0.2, 0.25) is 0 Å². The predicted octanol–water partition coefficient (Wildman–Crippen LogP) is 5.08. The van der Waals surface area contributed by atoms with E-state index in [1.54, 1.807) is 73.8 Å². The number of anilines is 1. The maximum atomic E-state index is 13.4. The molecule has 2 amide bonds. The molecule has 0 aliphatic rings. The topological polar surface area (TPSA) is 189 Å². The molecule has 12 nitrogen and oxygen atoms in total. The number of amides is 2. The number of carboxylic acid groups (broad SMARTS) is 1. The van der Waals surface area contributed by atoms with E-state index in [1.807, 2.05) is 13.8 Å². The number of aryl methyl sites for hydroxylation is 1. The Morgan fingerprint density at radius 2 is 1.57 bits per heavy atom. The van der Waals surface area contributed by atoms with Gasteiger partial charge in [-0.2, -0.15) is 13.2 Å². The molecule has 0 aliphatic heterocycles. The summed E-state index contributed by atoms with van der Waals surface area (Å²) >= 11 is 0. The van der Waals surface area contributed by atoms with Crippen molar-refractivity contribution in [2.45, 2.75) is 33.0 Å². The molecular formula is C32H37F3N6O6. The number of carbonyl (C=O) groups excluding carboxylic acids is 2. The number of aromatic nitrogens is 1. The quantitative estimate of drug-likeness (QED) is 0.0668. The Morgan fingerprint density at radius 1 is 1.00 bits per heavy atom. The van der Waals surface area contributed by atoms with Gasteiger partial charge in [-0.1, -0.05) is 45.2 Å². The number of nitrogens with two attached hydrogens (primary N) is 1. The van der Waals surface area contributed by atoms with E-state index in [4.69, 9.17) is 30.5 Å². The van der Waals surface area contributed by atoms with Gasteiger partial charge >= 0.3 is 12.1 Å². The van der Waals surface area contributed by atoms with Crippen LogP contribution in [0.1, 0.15) is 46.9 Å². The van der Waals surface area contributed by atoms with Crippen LogP contribution in [0.15, 0.2) is 86.2 Å². The van der Waals surface area contributed by atoms with Crippen molar-refractivity contribution < 1.29 is 42.1 Å². The molecule has 252 valence electrons. The highest BCUT2D eigenvalue weighted by molar-refractivity contribution is 5.97. The zero-order valence-electron chi connectivity index (χ0n) is 26.0. The van der Waals surface area contributed by atoms with Gasteiger partial charge in [0.25, 0.3) is 11.8 Å². The van der Waals surface area contributed by atoms with Crippen LogP contribution >= 0.6 is 0 Å². The molecule has 15 heteroatoms. The monoisotopic (exact) mass is 658 g/mol. The number of hydrazine groups is 1. The molecule has 0 fully saturated rings. The molecule has 7 N–H and O–H groups in total. The third-order valence-electron chi connectivity index (χ3n) is 5.61. The van der Waals surface area contributed by atoms with Crippen LogP contribution in [0.5, 0.6) is 11.5 Å². The van der Waals surface area contributed by atoms with Crippen molar-refractivity contribution in [2.75, 3.05) is 18.5 Å². The fourth-order valence-electron chi connectivity index (χ4n) is 3.41. The van der Waals surface area contributed by atoms with E-state index in [1.165, 1.54) is 6.20 Å². The van der Waals surface area contributed by atoms with Crippen LogP contribution in [-0.4, -0.2) is 53.1 Å². The van der Waals surface area contributed by atoms with Crippen LogP contribution in [0.25, 0.3) is 0 Å². The first-order valence-corrected chi connectivity index (χ1v) is 13.9. The number of carboxylic acids is 1. The van der Waals surface area contributed by atoms with Gasteiger partial charge in [-0.15, -0.1) is 0 Å². The first kappa shape index (κ1) is 39.2. The summed E-state index contributed by atoms with van der Waals surface area (Å²) in [4.78, 5) is 38.9. The molecule has 0 saturated carbocycles. The highest BCUT2D eigenvalue weighted by atomic mass is 19.4. The highest BCUT2D eigenvalue weighted by Crippen LogP contribution is 2.32. The number of alkyl halides is 3. The number of aliphatic carboxylic acids is 1. The van der Waals surface area contributed by atoms with Gasteiger partial charge in [0.1, 0.15) is 25.1 Å². The van der Waals surface area contributed by atoms with Gasteiger partial charge in [-0.25, -0.2) is 4.79 Å². The summed E-state index contributed by atoms with van der Waals surface area (Å²) in [5, 5.41) is 17.9. The summed E-state index contributed by atoms with van der Waals surface area (Å²) in [5.74, 6) is -2.99. The van der Waals surface area contributed by atoms with Gasteiger partial charge < -0.3 is 25.6 Å². The van der Waals surface area contributed by atoms with Crippen LogP contribution < -0.4 is 31.4 Å². The van der Waals surface area contributed by atoms with Gasteiger partial charge in [0.15, 0.2) is 11.5 Å². The van der Waals surface area contributed by atoms with E-state index in [9.17, 15) is 22.8 Å². The predicted molar refractivity (Wildman–Crippen MR) is 171 cm³/mol. The van der Waals surface area contributed by atoms with E-state index in [2.05, 4.69) is 34.3 Å². The van der Waals surface area contributed by atoms with Gasteiger partial charge in [0.2, 0.25) is 0 Å². The van der Waals surface area contributed by atoms with Crippen molar-refractivity contribution in [2.24, 2.45) is 5.73 Å². The number of hydrogen-bond acceptors (Lipinski definition) is 8. The lowest BCUT2D eigenvalue weighted by molar-refractivity contribution is -0.192. The van der Waals surface area contributed by atoms with Gasteiger partial charge in [-0.05, 0) is 60.5 Å². The van der Waals surface area contributed by atoms with Gasteiger partial charge in [-0.3, -0.25) is 30.8 Å². The van der Waals surface area contributed by atoms with Crippen LogP contribution in [-0.2, 0) is 9.59 Å². The minimum absolute atomic E-state index is 0.0710. The van der Waals surface area contributed by atoms with Crippen LogP contribution in [0, 0.1) is 12.3 Å². The number of nitrogen functional groups attached to an aromatic ring is 1. The molecule has 47 heavy (non-hydrogen) atoms. The second kappa shape index (κ2) is 19.5. The largest absolute Gasteiger partial charge is 0.490 e. The maximum Gasteiger partial charge on any atom is 0.490 e. The number of amidine groups is 1. The maximum absolute atomic E-state index is 13.4. The number of benzene rings is 2. The molecule has 0 aliphatic carbocycles. The normalized spacial score (nSPS) is 10.7. The Balaban J connectivity index is 0.00000108. The van der Waals surface area contributed by atoms with E-state index >= 15 is 0 Å². The summed E-state index contributed by atoms with van der Waals surface area (Å²) in [6, 6.07) is 12.6.